The predicted octanol–water partition coefficient (Wildman–Crippen LogP) is 3.29. The van der Waals surface area contributed by atoms with Crippen molar-refractivity contribution in [3.8, 4) is 5.75 Å². The normalized spacial score (nSPS) is 18.7. The molecule has 0 amide bonds. The van der Waals surface area contributed by atoms with Crippen molar-refractivity contribution in [1.29, 1.82) is 0 Å². The largest absolute Gasteiger partial charge is 0.493 e. The summed E-state index contributed by atoms with van der Waals surface area (Å²) >= 11 is 0. The quantitative estimate of drug-likeness (QED) is 0.938. The Kier molecular flexibility index (Phi) is 3.93. The molecule has 0 aromatic heterocycles. The Morgan fingerprint density at radius 1 is 1.29 bits per heavy atom. The van der Waals surface area contributed by atoms with Crippen molar-refractivity contribution >= 4 is 0 Å². The van der Waals surface area contributed by atoms with Gasteiger partial charge in [0.25, 0.3) is 0 Å². The lowest BCUT2D eigenvalue weighted by Crippen LogP contribution is -2.33. The first-order valence-corrected chi connectivity index (χ1v) is 7.27. The van der Waals surface area contributed by atoms with Crippen LogP contribution >= 0.6 is 0 Å². The van der Waals surface area contributed by atoms with Gasteiger partial charge < -0.3 is 9.84 Å². The lowest BCUT2D eigenvalue weighted by atomic mass is 9.88. The Bertz CT molecular complexity index is 639. The molecule has 2 nitrogen and oxygen atoms in total. The van der Waals surface area contributed by atoms with Crippen LogP contribution in [-0.4, -0.2) is 17.8 Å². The SMILES string of the molecule is Cc1ccc(F)cc1CC(O)C1COc2ccccc2C1. The van der Waals surface area contributed by atoms with Crippen molar-refractivity contribution in [2.45, 2.75) is 25.9 Å². The zero-order chi connectivity index (χ0) is 14.8. The van der Waals surface area contributed by atoms with Crippen LogP contribution in [0.2, 0.25) is 0 Å². The Morgan fingerprint density at radius 3 is 2.95 bits per heavy atom. The summed E-state index contributed by atoms with van der Waals surface area (Å²) in [7, 11) is 0. The topological polar surface area (TPSA) is 29.5 Å². The number of ether oxygens (including phenoxy) is 1. The van der Waals surface area contributed by atoms with E-state index in [0.717, 1.165) is 28.9 Å². The van der Waals surface area contributed by atoms with Crippen LogP contribution < -0.4 is 4.74 Å². The van der Waals surface area contributed by atoms with Crippen molar-refractivity contribution in [2.75, 3.05) is 6.61 Å². The molecule has 3 rings (SSSR count). The molecule has 1 aliphatic rings. The number of rotatable bonds is 3. The molecule has 21 heavy (non-hydrogen) atoms. The first kappa shape index (κ1) is 14.1. The summed E-state index contributed by atoms with van der Waals surface area (Å²) in [6.45, 7) is 2.45. The molecule has 0 radical (unpaired) electrons. The first-order chi connectivity index (χ1) is 10.1. The number of aryl methyl sites for hydroxylation is 1. The van der Waals surface area contributed by atoms with E-state index in [1.165, 1.54) is 12.1 Å². The van der Waals surface area contributed by atoms with E-state index in [4.69, 9.17) is 4.74 Å². The van der Waals surface area contributed by atoms with Gasteiger partial charge in [-0.25, -0.2) is 4.39 Å². The van der Waals surface area contributed by atoms with E-state index in [9.17, 15) is 9.50 Å². The molecule has 1 heterocycles. The zero-order valence-electron chi connectivity index (χ0n) is 12.1. The van der Waals surface area contributed by atoms with Crippen molar-refractivity contribution < 1.29 is 14.2 Å². The number of para-hydroxylation sites is 1. The second-order valence-electron chi connectivity index (χ2n) is 5.73. The molecule has 3 heteroatoms. The second-order valence-corrected chi connectivity index (χ2v) is 5.73. The van der Waals surface area contributed by atoms with Crippen molar-refractivity contribution in [3.05, 3.63) is 65.0 Å². The lowest BCUT2D eigenvalue weighted by Gasteiger charge is -2.29. The predicted molar refractivity (Wildman–Crippen MR) is 80.0 cm³/mol. The van der Waals surface area contributed by atoms with Crippen molar-refractivity contribution in [2.24, 2.45) is 5.92 Å². The molecule has 0 aliphatic carbocycles. The van der Waals surface area contributed by atoms with Gasteiger partial charge in [-0.3, -0.25) is 0 Å². The molecule has 110 valence electrons. The molecule has 2 aromatic carbocycles. The summed E-state index contributed by atoms with van der Waals surface area (Å²) < 4.78 is 19.0. The number of aliphatic hydroxyl groups excluding tert-OH is 1. The lowest BCUT2D eigenvalue weighted by molar-refractivity contribution is 0.0651. The molecule has 2 aromatic rings. The third kappa shape index (κ3) is 3.08. The number of benzene rings is 2. The molecule has 0 spiro atoms. The fourth-order valence-corrected chi connectivity index (χ4v) is 2.85. The Morgan fingerprint density at radius 2 is 2.10 bits per heavy atom. The van der Waals surface area contributed by atoms with E-state index >= 15 is 0 Å². The molecule has 0 bridgehead atoms. The second kappa shape index (κ2) is 5.86. The van der Waals surface area contributed by atoms with Gasteiger partial charge >= 0.3 is 0 Å². The van der Waals surface area contributed by atoms with Crippen LogP contribution in [0.5, 0.6) is 5.75 Å². The highest BCUT2D eigenvalue weighted by Crippen LogP contribution is 2.29. The highest BCUT2D eigenvalue weighted by Gasteiger charge is 2.26. The summed E-state index contributed by atoms with van der Waals surface area (Å²) in [6, 6.07) is 12.6. The molecule has 1 N–H and O–H groups in total. The van der Waals surface area contributed by atoms with Gasteiger partial charge in [0, 0.05) is 5.92 Å². The summed E-state index contributed by atoms with van der Waals surface area (Å²) in [5, 5.41) is 10.5. The fraction of sp³-hybridized carbons (Fsp3) is 0.333. The van der Waals surface area contributed by atoms with Crippen molar-refractivity contribution in [3.63, 3.8) is 0 Å². The van der Waals surface area contributed by atoms with Gasteiger partial charge in [-0.2, -0.15) is 0 Å². The maximum atomic E-state index is 13.3. The van der Waals surface area contributed by atoms with E-state index in [1.54, 1.807) is 6.07 Å². The third-order valence-corrected chi connectivity index (χ3v) is 4.19. The van der Waals surface area contributed by atoms with Crippen LogP contribution in [0.25, 0.3) is 0 Å². The van der Waals surface area contributed by atoms with E-state index in [2.05, 4.69) is 0 Å². The minimum absolute atomic E-state index is 0.0440. The Labute approximate surface area is 124 Å². The van der Waals surface area contributed by atoms with Crippen LogP contribution in [0.1, 0.15) is 16.7 Å². The van der Waals surface area contributed by atoms with E-state index < -0.39 is 6.10 Å². The number of hydrogen-bond acceptors (Lipinski definition) is 2. The molecule has 2 unspecified atom stereocenters. The smallest absolute Gasteiger partial charge is 0.123 e. The summed E-state index contributed by atoms with van der Waals surface area (Å²) in [6.07, 6.45) is 0.727. The molecule has 0 fully saturated rings. The van der Waals surface area contributed by atoms with Gasteiger partial charge in [-0.1, -0.05) is 24.3 Å². The van der Waals surface area contributed by atoms with Crippen LogP contribution in [0.3, 0.4) is 0 Å². The highest BCUT2D eigenvalue weighted by atomic mass is 19.1. The third-order valence-electron chi connectivity index (χ3n) is 4.19. The summed E-state index contributed by atoms with van der Waals surface area (Å²) in [4.78, 5) is 0. The zero-order valence-corrected chi connectivity index (χ0v) is 12.1. The maximum absolute atomic E-state index is 13.3. The van der Waals surface area contributed by atoms with Crippen LogP contribution in [0, 0.1) is 18.7 Å². The number of hydrogen-bond donors (Lipinski definition) is 1. The van der Waals surface area contributed by atoms with Gasteiger partial charge in [0.2, 0.25) is 0 Å². The molecule has 0 saturated carbocycles. The van der Waals surface area contributed by atoms with Gasteiger partial charge in [0.15, 0.2) is 0 Å². The summed E-state index contributed by atoms with van der Waals surface area (Å²) in [5.74, 6) is 0.693. The van der Waals surface area contributed by atoms with Crippen molar-refractivity contribution in [1.82, 2.24) is 0 Å². The monoisotopic (exact) mass is 286 g/mol. The molecule has 1 aliphatic heterocycles. The van der Waals surface area contributed by atoms with Gasteiger partial charge in [0.05, 0.1) is 12.7 Å². The maximum Gasteiger partial charge on any atom is 0.123 e. The van der Waals surface area contributed by atoms with E-state index in [1.807, 2.05) is 31.2 Å². The number of halogens is 1. The fourth-order valence-electron chi connectivity index (χ4n) is 2.85. The Balaban J connectivity index is 1.72. The van der Waals surface area contributed by atoms with Crippen LogP contribution in [0.4, 0.5) is 4.39 Å². The molecular formula is C18H19FO2. The average Bonchev–Trinajstić information content (AvgIpc) is 2.50. The molecule has 0 saturated heterocycles. The highest BCUT2D eigenvalue weighted by molar-refractivity contribution is 5.35. The molecular weight excluding hydrogens is 267 g/mol. The van der Waals surface area contributed by atoms with Gasteiger partial charge in [-0.15, -0.1) is 0 Å². The number of fused-ring (bicyclic) bond motifs is 1. The molecule has 2 atom stereocenters. The Hall–Kier alpha value is -1.87. The minimum atomic E-state index is -0.529. The van der Waals surface area contributed by atoms with E-state index in [-0.39, 0.29) is 11.7 Å². The van der Waals surface area contributed by atoms with E-state index in [0.29, 0.717) is 13.0 Å². The standard InChI is InChI=1S/C18H19FO2/c1-12-6-7-16(19)9-14(12)10-17(20)15-8-13-4-2-3-5-18(13)21-11-15/h2-7,9,15,17,20H,8,10-11H2,1H3. The van der Waals surface area contributed by atoms with Gasteiger partial charge in [-0.05, 0) is 54.7 Å². The van der Waals surface area contributed by atoms with Crippen LogP contribution in [0.15, 0.2) is 42.5 Å². The number of aliphatic hydroxyl groups is 1. The average molecular weight is 286 g/mol. The van der Waals surface area contributed by atoms with Crippen LogP contribution in [-0.2, 0) is 12.8 Å². The summed E-state index contributed by atoms with van der Waals surface area (Å²) in [5.41, 5.74) is 3.00. The first-order valence-electron chi connectivity index (χ1n) is 7.27. The minimum Gasteiger partial charge on any atom is -0.493 e. The van der Waals surface area contributed by atoms with Gasteiger partial charge in [0.1, 0.15) is 11.6 Å².